The van der Waals surface area contributed by atoms with Crippen LogP contribution in [0.4, 0.5) is 24.5 Å². The Hall–Kier alpha value is -2.79. The minimum Gasteiger partial charge on any atom is -0.398 e. The highest BCUT2D eigenvalue weighted by Crippen LogP contribution is 2.31. The van der Waals surface area contributed by atoms with E-state index in [0.717, 1.165) is 52.0 Å². The average molecular weight is 574 g/mol. The molecule has 3 rings (SSSR count). The third-order valence-electron chi connectivity index (χ3n) is 4.92. The van der Waals surface area contributed by atoms with Crippen LogP contribution in [0.1, 0.15) is 40.0 Å². The largest absolute Gasteiger partial charge is 0.471 e. The molecule has 0 aliphatic rings. The second-order valence-corrected chi connectivity index (χ2v) is 8.52. The van der Waals surface area contributed by atoms with Gasteiger partial charge in [-0.2, -0.15) is 13.2 Å². The van der Waals surface area contributed by atoms with Gasteiger partial charge in [0, 0.05) is 41.5 Å². The zero-order chi connectivity index (χ0) is 27.3. The van der Waals surface area contributed by atoms with E-state index in [4.69, 9.17) is 16.5 Å². The molecule has 11 heteroatoms. The van der Waals surface area contributed by atoms with Crippen molar-refractivity contribution < 1.29 is 18.0 Å². The summed E-state index contributed by atoms with van der Waals surface area (Å²) in [5, 5.41) is 5.12. The number of hydrogen-bond acceptors (Lipinski definition) is 5. The Bertz CT molecular complexity index is 1100. The monoisotopic (exact) mass is 572 g/mol. The number of carbonyl (C=O) groups excluding carboxylic acids is 1. The molecule has 0 unspecified atom stereocenters. The number of alkyl halides is 3. The van der Waals surface area contributed by atoms with Crippen LogP contribution in [0.5, 0.6) is 0 Å². The average Bonchev–Trinajstić information content (AvgIpc) is 3.16. The Labute approximate surface area is 219 Å². The number of amides is 1. The number of aromatic nitrogens is 2. The number of hydrogen-bond donors (Lipinski definition) is 4. The molecule has 1 aromatic heterocycles. The van der Waals surface area contributed by atoms with Crippen molar-refractivity contribution in [3.05, 3.63) is 40.9 Å². The molecule has 0 bridgehead atoms. The van der Waals surface area contributed by atoms with Crippen LogP contribution in [0.15, 0.2) is 40.9 Å². The summed E-state index contributed by atoms with van der Waals surface area (Å²) in [7, 11) is 2.01. The van der Waals surface area contributed by atoms with E-state index in [1.54, 1.807) is 5.32 Å². The van der Waals surface area contributed by atoms with Crippen molar-refractivity contribution in [3.8, 4) is 11.4 Å². The maximum absolute atomic E-state index is 11.5. The predicted octanol–water partition coefficient (Wildman–Crippen LogP) is 5.84. The SMILES string of the molecule is CC.CCCCNC(=O)C(F)(F)F.Cn1c(-c2cc(NCCCN)ccc2N)nc2cc(Br)ccc21. The van der Waals surface area contributed by atoms with Gasteiger partial charge in [0.15, 0.2) is 0 Å². The third-order valence-corrected chi connectivity index (χ3v) is 5.41. The van der Waals surface area contributed by atoms with Gasteiger partial charge in [0.25, 0.3) is 0 Å². The topological polar surface area (TPSA) is 111 Å². The highest BCUT2D eigenvalue weighted by atomic mass is 79.9. The number of fused-ring (bicyclic) bond motifs is 1. The van der Waals surface area contributed by atoms with Crippen molar-refractivity contribution in [1.29, 1.82) is 0 Å². The molecule has 1 heterocycles. The van der Waals surface area contributed by atoms with Gasteiger partial charge in [-0.3, -0.25) is 4.79 Å². The van der Waals surface area contributed by atoms with Crippen molar-refractivity contribution in [1.82, 2.24) is 14.9 Å². The second-order valence-electron chi connectivity index (χ2n) is 7.61. The Morgan fingerprint density at radius 3 is 2.42 bits per heavy atom. The van der Waals surface area contributed by atoms with Gasteiger partial charge < -0.3 is 26.7 Å². The van der Waals surface area contributed by atoms with Gasteiger partial charge >= 0.3 is 12.1 Å². The molecule has 7 nitrogen and oxygen atoms in total. The van der Waals surface area contributed by atoms with Crippen LogP contribution in [0, 0.1) is 0 Å². The molecule has 0 atom stereocenters. The second kappa shape index (κ2) is 15.4. The van der Waals surface area contributed by atoms with Crippen molar-refractivity contribution in [2.45, 2.75) is 46.2 Å². The molecule has 3 aromatic rings. The van der Waals surface area contributed by atoms with Crippen LogP contribution in [0.2, 0.25) is 0 Å². The number of nitrogens with two attached hydrogens (primary N) is 2. The molecule has 0 spiro atoms. The predicted molar refractivity (Wildman–Crippen MR) is 146 cm³/mol. The van der Waals surface area contributed by atoms with E-state index < -0.39 is 12.1 Å². The Morgan fingerprint density at radius 1 is 1.11 bits per heavy atom. The number of rotatable bonds is 8. The molecule has 1 amide bonds. The van der Waals surface area contributed by atoms with Gasteiger partial charge in [0.2, 0.25) is 0 Å². The lowest BCUT2D eigenvalue weighted by Crippen LogP contribution is -2.37. The lowest BCUT2D eigenvalue weighted by atomic mass is 10.1. The summed E-state index contributed by atoms with van der Waals surface area (Å²) in [4.78, 5) is 14.9. The van der Waals surface area contributed by atoms with E-state index in [2.05, 4.69) is 31.9 Å². The number of aryl methyl sites for hydroxylation is 1. The van der Waals surface area contributed by atoms with E-state index in [9.17, 15) is 18.0 Å². The van der Waals surface area contributed by atoms with Crippen LogP contribution in [0.3, 0.4) is 0 Å². The van der Waals surface area contributed by atoms with Crippen molar-refractivity contribution in [3.63, 3.8) is 0 Å². The number of halogens is 4. The fraction of sp³-hybridized carbons (Fsp3) is 0.440. The lowest BCUT2D eigenvalue weighted by molar-refractivity contribution is -0.173. The number of benzene rings is 2. The quantitative estimate of drug-likeness (QED) is 0.200. The fourth-order valence-electron chi connectivity index (χ4n) is 3.09. The minimum absolute atomic E-state index is 0.0921. The van der Waals surface area contributed by atoms with Crippen LogP contribution >= 0.6 is 15.9 Å². The van der Waals surface area contributed by atoms with E-state index in [1.807, 2.05) is 58.2 Å². The molecule has 0 saturated heterocycles. The smallest absolute Gasteiger partial charge is 0.398 e. The molecule has 0 aliphatic heterocycles. The number of imidazole rings is 1. The Kier molecular flexibility index (Phi) is 13.3. The molecular formula is C25H36BrF3N6O. The Balaban J connectivity index is 0.000000423. The molecular weight excluding hydrogens is 537 g/mol. The number of nitrogens with one attached hydrogen (secondary N) is 2. The molecule has 2 aromatic carbocycles. The number of unbranched alkanes of at least 4 members (excludes halogenated alkanes) is 1. The fourth-order valence-corrected chi connectivity index (χ4v) is 3.44. The van der Waals surface area contributed by atoms with E-state index >= 15 is 0 Å². The van der Waals surface area contributed by atoms with Crippen molar-refractivity contribution in [2.24, 2.45) is 12.8 Å². The molecule has 0 saturated carbocycles. The third kappa shape index (κ3) is 9.34. The molecule has 36 heavy (non-hydrogen) atoms. The first-order chi connectivity index (χ1) is 17.1. The van der Waals surface area contributed by atoms with Crippen LogP contribution in [-0.2, 0) is 11.8 Å². The zero-order valence-corrected chi connectivity index (χ0v) is 22.8. The lowest BCUT2D eigenvalue weighted by Gasteiger charge is -2.10. The van der Waals surface area contributed by atoms with Gasteiger partial charge in [0.05, 0.1) is 11.0 Å². The summed E-state index contributed by atoms with van der Waals surface area (Å²) < 4.78 is 37.5. The summed E-state index contributed by atoms with van der Waals surface area (Å²) in [5.41, 5.74) is 16.4. The maximum atomic E-state index is 11.5. The highest BCUT2D eigenvalue weighted by molar-refractivity contribution is 9.10. The van der Waals surface area contributed by atoms with Gasteiger partial charge in [-0.25, -0.2) is 4.98 Å². The molecule has 0 aliphatic carbocycles. The highest BCUT2D eigenvalue weighted by Gasteiger charge is 2.38. The molecule has 6 N–H and O–H groups in total. The van der Waals surface area contributed by atoms with E-state index in [-0.39, 0.29) is 6.54 Å². The summed E-state index contributed by atoms with van der Waals surface area (Å²) >= 11 is 3.49. The van der Waals surface area contributed by atoms with Crippen molar-refractivity contribution in [2.75, 3.05) is 30.7 Å². The van der Waals surface area contributed by atoms with Gasteiger partial charge in [0.1, 0.15) is 5.82 Å². The summed E-state index contributed by atoms with van der Waals surface area (Å²) in [5.74, 6) is -0.996. The minimum atomic E-state index is -4.74. The number of anilines is 2. The standard InChI is InChI=1S/C17H20BrN5.C6H10F3NO.C2H6/c1-23-16-6-3-11(18)9-15(16)22-17(23)13-10-12(4-5-14(13)20)21-8-2-7-19;1-2-3-4-10-5(11)6(7,8)9;1-2/h3-6,9-10,21H,2,7-8,19-20H2,1H3;2-4H2,1H3,(H,10,11);1-2H3. The van der Waals surface area contributed by atoms with Crippen LogP contribution < -0.4 is 22.1 Å². The summed E-state index contributed by atoms with van der Waals surface area (Å²) in [6, 6.07) is 12.0. The maximum Gasteiger partial charge on any atom is 0.471 e. The van der Waals surface area contributed by atoms with Gasteiger partial charge in [-0.05, 0) is 55.8 Å². The Morgan fingerprint density at radius 2 is 1.81 bits per heavy atom. The molecule has 200 valence electrons. The first kappa shape index (κ1) is 31.2. The number of nitrogens with zero attached hydrogens (tertiary/aromatic N) is 2. The molecule has 0 radical (unpaired) electrons. The van der Waals surface area contributed by atoms with Crippen molar-refractivity contribution >= 4 is 44.2 Å². The van der Waals surface area contributed by atoms with E-state index in [0.29, 0.717) is 18.7 Å². The number of carbonyl (C=O) groups is 1. The van der Waals surface area contributed by atoms with Gasteiger partial charge in [-0.1, -0.05) is 43.1 Å². The van der Waals surface area contributed by atoms with Crippen LogP contribution in [-0.4, -0.2) is 41.3 Å². The normalized spacial score (nSPS) is 10.7. The van der Waals surface area contributed by atoms with E-state index in [1.165, 1.54) is 0 Å². The summed E-state index contributed by atoms with van der Waals surface area (Å²) in [6.07, 6.45) is -2.48. The first-order valence-electron chi connectivity index (χ1n) is 11.9. The number of nitrogen functional groups attached to an aromatic ring is 1. The van der Waals surface area contributed by atoms with Crippen LogP contribution in [0.25, 0.3) is 22.4 Å². The zero-order valence-electron chi connectivity index (χ0n) is 21.2. The summed E-state index contributed by atoms with van der Waals surface area (Å²) in [6.45, 7) is 7.44. The first-order valence-corrected chi connectivity index (χ1v) is 12.7. The van der Waals surface area contributed by atoms with Gasteiger partial charge in [-0.15, -0.1) is 0 Å². The molecule has 0 fully saturated rings.